The average Bonchev–Trinajstić information content (AvgIpc) is 1.87. The molecule has 0 atom stereocenters. The van der Waals surface area contributed by atoms with Gasteiger partial charge in [0.25, 0.3) is 0 Å². The fraction of sp³-hybridized carbons (Fsp3) is 0.667. The van der Waals surface area contributed by atoms with Crippen LogP contribution in [0.15, 0.2) is 17.0 Å². The van der Waals surface area contributed by atoms with Crippen molar-refractivity contribution in [2.24, 2.45) is 10.6 Å². The first-order chi connectivity index (χ1) is 5.02. The van der Waals surface area contributed by atoms with E-state index in [1.165, 1.54) is 0 Å². The topological polar surface area (TPSA) is 21.6 Å². The Kier molecular flexibility index (Phi) is 3.86. The van der Waals surface area contributed by atoms with E-state index < -0.39 is 0 Å². The number of allylic oxidation sites excluding steroid dienone is 2. The number of rotatable bonds is 2. The van der Waals surface area contributed by atoms with Gasteiger partial charge in [0.1, 0.15) is 5.76 Å². The van der Waals surface area contributed by atoms with E-state index in [2.05, 4.69) is 25.9 Å². The molecule has 0 spiro atoms. The van der Waals surface area contributed by atoms with Crippen molar-refractivity contribution in [3.63, 3.8) is 0 Å². The van der Waals surface area contributed by atoms with Gasteiger partial charge in [-0.05, 0) is 19.9 Å². The lowest BCUT2D eigenvalue weighted by atomic mass is 9.94. The maximum absolute atomic E-state index is 5.14. The Morgan fingerprint density at radius 3 is 2.09 bits per heavy atom. The summed E-state index contributed by atoms with van der Waals surface area (Å²) in [4.78, 5) is 5.14. The molecule has 2 nitrogen and oxygen atoms in total. The minimum absolute atomic E-state index is 0.0429. The molecule has 2 heteroatoms. The van der Waals surface area contributed by atoms with Crippen molar-refractivity contribution in [1.82, 2.24) is 0 Å². The highest BCUT2D eigenvalue weighted by Crippen LogP contribution is 2.25. The van der Waals surface area contributed by atoms with Gasteiger partial charge in [0, 0.05) is 11.6 Å². The number of hydrogen-bond acceptors (Lipinski definition) is 2. The first kappa shape index (κ1) is 10.2. The summed E-state index contributed by atoms with van der Waals surface area (Å²) in [7, 11) is 0. The fourth-order valence-electron chi connectivity index (χ4n) is 0.732. The summed E-state index contributed by atoms with van der Waals surface area (Å²) in [5.41, 5.74) is 0.0429. The second-order valence-corrected chi connectivity index (χ2v) is 3.36. The minimum atomic E-state index is 0.0429. The van der Waals surface area contributed by atoms with Crippen LogP contribution in [0.1, 0.15) is 34.6 Å². The molecule has 0 bridgehead atoms. The van der Waals surface area contributed by atoms with Gasteiger partial charge in [-0.25, -0.2) is 0 Å². The Morgan fingerprint density at radius 2 is 1.82 bits per heavy atom. The molecule has 0 aromatic rings. The molecule has 0 rings (SSSR count). The Hall–Kier alpha value is -0.790. The van der Waals surface area contributed by atoms with Crippen molar-refractivity contribution in [2.75, 3.05) is 0 Å². The molecule has 0 saturated carbocycles. The average molecular weight is 155 g/mol. The molecule has 0 aliphatic rings. The molecule has 0 N–H and O–H groups in total. The molecule has 64 valence electrons. The zero-order valence-electron chi connectivity index (χ0n) is 8.01. The van der Waals surface area contributed by atoms with Gasteiger partial charge in [0.15, 0.2) is 0 Å². The van der Waals surface area contributed by atoms with Gasteiger partial charge in [-0.15, -0.1) is 0 Å². The molecule has 0 saturated heterocycles. The summed E-state index contributed by atoms with van der Waals surface area (Å²) in [6.07, 6.45) is 3.57. The summed E-state index contributed by atoms with van der Waals surface area (Å²) in [5.74, 6) is 0.899. The maximum Gasteiger partial charge on any atom is 0.136 e. The SMILES string of the molecule is CC=NOC(=CC)C(C)(C)C. The highest BCUT2D eigenvalue weighted by atomic mass is 16.6. The van der Waals surface area contributed by atoms with Crippen LogP contribution >= 0.6 is 0 Å². The van der Waals surface area contributed by atoms with Gasteiger partial charge < -0.3 is 4.84 Å². The lowest BCUT2D eigenvalue weighted by Crippen LogP contribution is -2.10. The quantitative estimate of drug-likeness (QED) is 0.341. The molecule has 0 amide bonds. The monoisotopic (exact) mass is 155 g/mol. The van der Waals surface area contributed by atoms with Crippen LogP contribution in [0.3, 0.4) is 0 Å². The second-order valence-electron chi connectivity index (χ2n) is 3.36. The third kappa shape index (κ3) is 3.81. The molecule has 0 aromatic carbocycles. The van der Waals surface area contributed by atoms with E-state index >= 15 is 0 Å². The van der Waals surface area contributed by atoms with E-state index in [0.29, 0.717) is 0 Å². The Bertz CT molecular complexity index is 163. The molecule has 0 aliphatic heterocycles. The summed E-state index contributed by atoms with van der Waals surface area (Å²) >= 11 is 0. The Morgan fingerprint density at radius 1 is 1.27 bits per heavy atom. The van der Waals surface area contributed by atoms with Crippen LogP contribution < -0.4 is 0 Å². The molecule has 0 aromatic heterocycles. The predicted octanol–water partition coefficient (Wildman–Crippen LogP) is 2.96. The zero-order chi connectivity index (χ0) is 8.91. The van der Waals surface area contributed by atoms with Gasteiger partial charge in [-0.1, -0.05) is 25.9 Å². The van der Waals surface area contributed by atoms with Crippen LogP contribution in [0, 0.1) is 5.41 Å². The summed E-state index contributed by atoms with van der Waals surface area (Å²) in [5, 5.41) is 3.72. The van der Waals surface area contributed by atoms with Crippen molar-refractivity contribution in [2.45, 2.75) is 34.6 Å². The third-order valence-corrected chi connectivity index (χ3v) is 1.26. The molecule has 0 aliphatic carbocycles. The van der Waals surface area contributed by atoms with E-state index in [0.717, 1.165) is 5.76 Å². The molecular weight excluding hydrogens is 138 g/mol. The van der Waals surface area contributed by atoms with Crippen LogP contribution in [-0.2, 0) is 4.84 Å². The van der Waals surface area contributed by atoms with Crippen molar-refractivity contribution in [3.8, 4) is 0 Å². The van der Waals surface area contributed by atoms with Crippen molar-refractivity contribution in [3.05, 3.63) is 11.8 Å². The lowest BCUT2D eigenvalue weighted by Gasteiger charge is -2.19. The molecule has 0 radical (unpaired) electrons. The van der Waals surface area contributed by atoms with E-state index in [1.54, 1.807) is 6.21 Å². The van der Waals surface area contributed by atoms with Crippen molar-refractivity contribution >= 4 is 6.21 Å². The first-order valence-corrected chi connectivity index (χ1v) is 3.84. The minimum Gasteiger partial charge on any atom is -0.362 e. The van der Waals surface area contributed by atoms with Gasteiger partial charge >= 0.3 is 0 Å². The largest absolute Gasteiger partial charge is 0.362 e. The van der Waals surface area contributed by atoms with Crippen molar-refractivity contribution in [1.29, 1.82) is 0 Å². The number of oxime groups is 1. The van der Waals surface area contributed by atoms with E-state index in [1.807, 2.05) is 19.9 Å². The fourth-order valence-corrected chi connectivity index (χ4v) is 0.732. The Labute approximate surface area is 68.9 Å². The van der Waals surface area contributed by atoms with Crippen LogP contribution in [0.5, 0.6) is 0 Å². The molecule has 0 heterocycles. The summed E-state index contributed by atoms with van der Waals surface area (Å²) in [6.45, 7) is 10.1. The van der Waals surface area contributed by atoms with Crippen LogP contribution in [0.4, 0.5) is 0 Å². The van der Waals surface area contributed by atoms with Gasteiger partial charge in [0.05, 0.1) is 0 Å². The molecule has 0 unspecified atom stereocenters. The molecular formula is C9H17NO. The van der Waals surface area contributed by atoms with Gasteiger partial charge in [-0.3, -0.25) is 0 Å². The standard InChI is InChI=1S/C9H17NO/c1-6-8(9(3,4)5)11-10-7-2/h6-7H,1-5H3. The molecule has 0 fully saturated rings. The van der Waals surface area contributed by atoms with Crippen LogP contribution in [-0.4, -0.2) is 6.21 Å². The first-order valence-electron chi connectivity index (χ1n) is 3.84. The predicted molar refractivity (Wildman–Crippen MR) is 48.5 cm³/mol. The second kappa shape index (κ2) is 4.16. The van der Waals surface area contributed by atoms with Gasteiger partial charge in [-0.2, -0.15) is 0 Å². The smallest absolute Gasteiger partial charge is 0.136 e. The Balaban J connectivity index is 4.21. The van der Waals surface area contributed by atoms with Crippen LogP contribution in [0.25, 0.3) is 0 Å². The van der Waals surface area contributed by atoms with Gasteiger partial charge in [0.2, 0.25) is 0 Å². The summed E-state index contributed by atoms with van der Waals surface area (Å²) in [6, 6.07) is 0. The highest BCUT2D eigenvalue weighted by molar-refractivity contribution is 5.52. The normalized spacial score (nSPS) is 14.1. The number of nitrogens with zero attached hydrogens (tertiary/aromatic N) is 1. The lowest BCUT2D eigenvalue weighted by molar-refractivity contribution is 0.161. The van der Waals surface area contributed by atoms with Crippen molar-refractivity contribution < 1.29 is 4.84 Å². The van der Waals surface area contributed by atoms with E-state index in [-0.39, 0.29) is 5.41 Å². The van der Waals surface area contributed by atoms with E-state index in [9.17, 15) is 0 Å². The molecule has 11 heavy (non-hydrogen) atoms. The number of hydrogen-bond donors (Lipinski definition) is 0. The zero-order valence-corrected chi connectivity index (χ0v) is 8.01. The van der Waals surface area contributed by atoms with Crippen LogP contribution in [0.2, 0.25) is 0 Å². The summed E-state index contributed by atoms with van der Waals surface area (Å²) < 4.78 is 0. The third-order valence-electron chi connectivity index (χ3n) is 1.26. The highest BCUT2D eigenvalue weighted by Gasteiger charge is 2.17. The van der Waals surface area contributed by atoms with E-state index in [4.69, 9.17) is 4.84 Å². The maximum atomic E-state index is 5.14.